The van der Waals surface area contributed by atoms with Crippen molar-refractivity contribution in [1.82, 2.24) is 0 Å². The van der Waals surface area contributed by atoms with Crippen molar-refractivity contribution in [3.05, 3.63) is 30.3 Å². The standard InChI is InChI=1S/C13H19OS/c1-5-12(14)13(2,3)15(4)11-9-7-6-8-10-11/h6-10H,5H2,1-4H3/q+1. The molecule has 82 valence electrons. The second-order valence-electron chi connectivity index (χ2n) is 4.11. The zero-order chi connectivity index (χ0) is 11.5. The van der Waals surface area contributed by atoms with Crippen LogP contribution in [0, 0.1) is 0 Å². The number of hydrogen-bond donors (Lipinski definition) is 0. The molecule has 1 aromatic carbocycles. The van der Waals surface area contributed by atoms with Crippen LogP contribution in [0.5, 0.6) is 0 Å². The first kappa shape index (κ1) is 12.3. The van der Waals surface area contributed by atoms with Gasteiger partial charge in [0.25, 0.3) is 0 Å². The number of Topliss-reactive ketones (excluding diaryl/α,β-unsaturated/α-hetero) is 1. The molecule has 1 nitrogen and oxygen atoms in total. The van der Waals surface area contributed by atoms with Gasteiger partial charge in [-0.2, -0.15) is 0 Å². The van der Waals surface area contributed by atoms with Gasteiger partial charge in [0.15, 0.2) is 15.4 Å². The number of hydrogen-bond acceptors (Lipinski definition) is 1. The molecular formula is C13H19OS+. The van der Waals surface area contributed by atoms with E-state index in [0.717, 1.165) is 0 Å². The lowest BCUT2D eigenvalue weighted by Gasteiger charge is -2.21. The first-order valence-electron chi connectivity index (χ1n) is 5.24. The van der Waals surface area contributed by atoms with Gasteiger partial charge in [-0.25, -0.2) is 0 Å². The summed E-state index contributed by atoms with van der Waals surface area (Å²) >= 11 is 0. The number of carbonyl (C=O) groups is 1. The summed E-state index contributed by atoms with van der Waals surface area (Å²) in [6.07, 6.45) is 2.78. The summed E-state index contributed by atoms with van der Waals surface area (Å²) in [6, 6.07) is 10.3. The predicted octanol–water partition coefficient (Wildman–Crippen LogP) is 3.05. The number of ketones is 1. The van der Waals surface area contributed by atoms with Crippen LogP contribution < -0.4 is 0 Å². The molecule has 0 amide bonds. The van der Waals surface area contributed by atoms with Crippen molar-refractivity contribution in [2.24, 2.45) is 0 Å². The lowest BCUT2D eigenvalue weighted by molar-refractivity contribution is -0.120. The number of rotatable bonds is 4. The van der Waals surface area contributed by atoms with Gasteiger partial charge in [-0.05, 0) is 26.0 Å². The highest BCUT2D eigenvalue weighted by atomic mass is 32.2. The highest BCUT2D eigenvalue weighted by Gasteiger charge is 2.42. The van der Waals surface area contributed by atoms with Crippen LogP contribution in [0.4, 0.5) is 0 Å². The van der Waals surface area contributed by atoms with E-state index in [2.05, 4.69) is 32.2 Å². The molecule has 0 spiro atoms. The summed E-state index contributed by atoms with van der Waals surface area (Å²) in [5, 5.41) is 0. The van der Waals surface area contributed by atoms with Gasteiger partial charge >= 0.3 is 0 Å². The maximum absolute atomic E-state index is 11.9. The Morgan fingerprint density at radius 1 is 1.27 bits per heavy atom. The maximum Gasteiger partial charge on any atom is 0.187 e. The smallest absolute Gasteiger partial charge is 0.187 e. The summed E-state index contributed by atoms with van der Waals surface area (Å²) in [4.78, 5) is 13.1. The number of carbonyl (C=O) groups excluding carboxylic acids is 1. The van der Waals surface area contributed by atoms with Crippen molar-refractivity contribution in [2.75, 3.05) is 6.26 Å². The minimum Gasteiger partial charge on any atom is -0.294 e. The van der Waals surface area contributed by atoms with Gasteiger partial charge in [-0.1, -0.05) is 25.1 Å². The molecule has 15 heavy (non-hydrogen) atoms. The molecule has 0 aliphatic heterocycles. The third-order valence-electron chi connectivity index (χ3n) is 2.85. The van der Waals surface area contributed by atoms with Crippen molar-refractivity contribution in [3.8, 4) is 0 Å². The SMILES string of the molecule is CCC(=O)C(C)(C)[S+](C)c1ccccc1. The molecule has 0 heterocycles. The van der Waals surface area contributed by atoms with Gasteiger partial charge < -0.3 is 0 Å². The Balaban J connectivity index is 2.94. The fourth-order valence-corrected chi connectivity index (χ4v) is 3.16. The topological polar surface area (TPSA) is 17.1 Å². The average molecular weight is 223 g/mol. The zero-order valence-electron chi connectivity index (χ0n) is 9.91. The molecule has 1 rings (SSSR count). The molecule has 0 aliphatic rings. The Labute approximate surface area is 95.2 Å². The molecule has 1 unspecified atom stereocenters. The highest BCUT2D eigenvalue weighted by molar-refractivity contribution is 7.98. The second kappa shape index (κ2) is 4.84. The quantitative estimate of drug-likeness (QED) is 0.717. The molecule has 0 aromatic heterocycles. The molecule has 0 bridgehead atoms. The van der Waals surface area contributed by atoms with E-state index in [1.54, 1.807) is 0 Å². The van der Waals surface area contributed by atoms with Gasteiger partial charge in [-0.3, -0.25) is 4.79 Å². The van der Waals surface area contributed by atoms with Crippen molar-refractivity contribution in [1.29, 1.82) is 0 Å². The molecule has 0 N–H and O–H groups in total. The lowest BCUT2D eigenvalue weighted by Crippen LogP contribution is -2.39. The van der Waals surface area contributed by atoms with Gasteiger partial charge in [-0.15, -0.1) is 0 Å². The Bertz CT molecular complexity index is 330. The van der Waals surface area contributed by atoms with Crippen LogP contribution in [0.15, 0.2) is 35.2 Å². The van der Waals surface area contributed by atoms with Gasteiger partial charge in [0.2, 0.25) is 0 Å². The lowest BCUT2D eigenvalue weighted by atomic mass is 10.1. The molecule has 2 heteroatoms. The predicted molar refractivity (Wildman–Crippen MR) is 67.4 cm³/mol. The first-order valence-corrected chi connectivity index (χ1v) is 6.87. The van der Waals surface area contributed by atoms with Crippen molar-refractivity contribution < 1.29 is 4.79 Å². The van der Waals surface area contributed by atoms with E-state index >= 15 is 0 Å². The van der Waals surface area contributed by atoms with E-state index in [9.17, 15) is 4.79 Å². The molecule has 0 saturated carbocycles. The minimum absolute atomic E-state index is 0.0233. The largest absolute Gasteiger partial charge is 0.294 e. The molecule has 0 aliphatic carbocycles. The third kappa shape index (κ3) is 2.63. The van der Waals surface area contributed by atoms with E-state index < -0.39 is 0 Å². The van der Waals surface area contributed by atoms with E-state index in [0.29, 0.717) is 12.2 Å². The minimum atomic E-state index is -0.240. The zero-order valence-corrected chi connectivity index (χ0v) is 10.7. The Morgan fingerprint density at radius 2 is 1.80 bits per heavy atom. The fraction of sp³-hybridized carbons (Fsp3) is 0.462. The third-order valence-corrected chi connectivity index (χ3v) is 5.59. The van der Waals surface area contributed by atoms with Crippen LogP contribution in [0.2, 0.25) is 0 Å². The Kier molecular flexibility index (Phi) is 3.97. The average Bonchev–Trinajstić information content (AvgIpc) is 2.28. The van der Waals surface area contributed by atoms with E-state index in [1.807, 2.05) is 25.1 Å². The van der Waals surface area contributed by atoms with Crippen LogP contribution in [0.25, 0.3) is 0 Å². The molecular weight excluding hydrogens is 204 g/mol. The van der Waals surface area contributed by atoms with Crippen molar-refractivity contribution in [2.45, 2.75) is 36.8 Å². The Hall–Kier alpha value is -0.760. The van der Waals surface area contributed by atoms with Crippen molar-refractivity contribution >= 4 is 16.7 Å². The van der Waals surface area contributed by atoms with Crippen LogP contribution in [0.1, 0.15) is 27.2 Å². The summed E-state index contributed by atoms with van der Waals surface area (Å²) in [6.45, 7) is 6.04. The van der Waals surface area contributed by atoms with Crippen LogP contribution in [0.3, 0.4) is 0 Å². The van der Waals surface area contributed by atoms with E-state index in [1.165, 1.54) is 4.90 Å². The maximum atomic E-state index is 11.9. The summed E-state index contributed by atoms with van der Waals surface area (Å²) < 4.78 is -0.240. The van der Waals surface area contributed by atoms with Gasteiger partial charge in [0.05, 0.1) is 0 Å². The fourth-order valence-electron chi connectivity index (χ4n) is 1.52. The van der Waals surface area contributed by atoms with Crippen LogP contribution in [-0.2, 0) is 15.7 Å². The highest BCUT2D eigenvalue weighted by Crippen LogP contribution is 2.27. The van der Waals surface area contributed by atoms with Crippen LogP contribution in [-0.4, -0.2) is 16.8 Å². The van der Waals surface area contributed by atoms with E-state index in [-0.39, 0.29) is 15.6 Å². The molecule has 0 saturated heterocycles. The molecule has 1 atom stereocenters. The summed E-state index contributed by atoms with van der Waals surface area (Å²) in [7, 11) is -0.0233. The normalized spacial score (nSPS) is 13.6. The molecule has 0 fully saturated rings. The number of benzene rings is 1. The van der Waals surface area contributed by atoms with Crippen LogP contribution >= 0.6 is 0 Å². The van der Waals surface area contributed by atoms with Gasteiger partial charge in [0, 0.05) is 17.3 Å². The molecule has 1 aromatic rings. The van der Waals surface area contributed by atoms with E-state index in [4.69, 9.17) is 0 Å². The van der Waals surface area contributed by atoms with Crippen molar-refractivity contribution in [3.63, 3.8) is 0 Å². The first-order chi connectivity index (χ1) is 7.00. The second-order valence-corrected chi connectivity index (χ2v) is 6.62. The summed E-state index contributed by atoms with van der Waals surface area (Å²) in [5.41, 5.74) is 0. The summed E-state index contributed by atoms with van der Waals surface area (Å²) in [5.74, 6) is 0.345. The van der Waals surface area contributed by atoms with Gasteiger partial charge in [0.1, 0.15) is 6.26 Å². The monoisotopic (exact) mass is 223 g/mol. The molecule has 0 radical (unpaired) electrons. The Morgan fingerprint density at radius 3 is 2.27 bits per heavy atom.